The molecule has 9 heteroatoms. The highest BCUT2D eigenvalue weighted by atomic mass is 35.5. The maximum atomic E-state index is 13.5. The Morgan fingerprint density at radius 2 is 2.00 bits per heavy atom. The number of Topliss-reactive ketones (excluding diaryl/α,β-unsaturated/α-hetero) is 1. The van der Waals surface area contributed by atoms with Crippen LogP contribution in [-0.2, 0) is 10.3 Å². The van der Waals surface area contributed by atoms with Gasteiger partial charge < -0.3 is 9.73 Å². The minimum atomic E-state index is -1.28. The Morgan fingerprint density at radius 3 is 2.77 bits per heavy atom. The molecule has 1 amide bonds. The number of hydrogen-bond donors (Lipinski definition) is 3. The average Bonchev–Trinajstić information content (AvgIpc) is 3.27. The summed E-state index contributed by atoms with van der Waals surface area (Å²) in [6.45, 7) is 1.50. The molecule has 0 bridgehead atoms. The number of fused-ring (bicyclic) bond motifs is 3. The lowest BCUT2D eigenvalue weighted by molar-refractivity contribution is -0.122. The van der Waals surface area contributed by atoms with Gasteiger partial charge in [0.1, 0.15) is 28.6 Å². The van der Waals surface area contributed by atoms with Crippen molar-refractivity contribution < 1.29 is 14.0 Å². The van der Waals surface area contributed by atoms with Crippen LogP contribution < -0.4 is 16.4 Å². The number of rotatable bonds is 2. The monoisotopic (exact) mass is 436 g/mol. The van der Waals surface area contributed by atoms with E-state index in [0.717, 1.165) is 0 Å². The van der Waals surface area contributed by atoms with Crippen LogP contribution in [0.5, 0.6) is 0 Å². The summed E-state index contributed by atoms with van der Waals surface area (Å²) in [5.41, 5.74) is 2.44. The molecule has 2 aliphatic heterocycles. The molecule has 2 unspecified atom stereocenters. The van der Waals surface area contributed by atoms with E-state index in [1.165, 1.54) is 18.0 Å². The lowest BCUT2D eigenvalue weighted by Gasteiger charge is -2.26. The Balaban J connectivity index is 1.60. The molecule has 3 N–H and O–H groups in total. The normalized spacial score (nSPS) is 22.1. The Kier molecular flexibility index (Phi) is 4.25. The molecule has 2 aromatic carbocycles. The first-order chi connectivity index (χ1) is 14.8. The van der Waals surface area contributed by atoms with Crippen LogP contribution in [0.4, 0.5) is 5.69 Å². The zero-order valence-corrected chi connectivity index (χ0v) is 17.1. The summed E-state index contributed by atoms with van der Waals surface area (Å²) in [7, 11) is 0. The quantitative estimate of drug-likeness (QED) is 0.246. The first-order valence-electron chi connectivity index (χ1n) is 9.61. The second-order valence-electron chi connectivity index (χ2n) is 7.69. The molecule has 5 rings (SSSR count). The van der Waals surface area contributed by atoms with Crippen LogP contribution in [0.25, 0.3) is 11.0 Å². The lowest BCUT2D eigenvalue weighted by Crippen LogP contribution is -2.51. The van der Waals surface area contributed by atoms with E-state index in [0.29, 0.717) is 27.2 Å². The van der Waals surface area contributed by atoms with Gasteiger partial charge in [-0.2, -0.15) is 0 Å². The smallest absolute Gasteiger partial charge is 0.347 e. The van der Waals surface area contributed by atoms with Crippen molar-refractivity contribution in [1.29, 1.82) is 5.41 Å². The number of amidine groups is 1. The van der Waals surface area contributed by atoms with E-state index in [9.17, 15) is 14.4 Å². The highest BCUT2D eigenvalue weighted by Crippen LogP contribution is 2.44. The molecule has 1 fully saturated rings. The molecule has 1 saturated heterocycles. The molecule has 0 radical (unpaired) electrons. The van der Waals surface area contributed by atoms with Gasteiger partial charge in [-0.1, -0.05) is 29.8 Å². The summed E-state index contributed by atoms with van der Waals surface area (Å²) < 4.78 is 5.31. The number of hydrazine groups is 1. The van der Waals surface area contributed by atoms with E-state index in [2.05, 4.69) is 10.7 Å². The summed E-state index contributed by atoms with van der Waals surface area (Å²) in [6, 6.07) is 12.5. The molecule has 3 aromatic rings. The standard InChI is InChI=1S/C22H17ClN4O4/c1-11(24)27-17(19(28)14-8-12-4-2-3-5-18(12)31-20(14)29)10-22(26-27)15-9-13(23)6-7-16(15)25-21(22)30/h2-9,17,24,26H,10H2,1H3,(H,25,30). The Morgan fingerprint density at radius 1 is 1.23 bits per heavy atom. The van der Waals surface area contributed by atoms with Crippen molar-refractivity contribution in [3.63, 3.8) is 0 Å². The Bertz CT molecular complexity index is 1350. The van der Waals surface area contributed by atoms with Gasteiger partial charge >= 0.3 is 5.63 Å². The highest BCUT2D eigenvalue weighted by molar-refractivity contribution is 6.31. The second-order valence-corrected chi connectivity index (χ2v) is 8.12. The van der Waals surface area contributed by atoms with Gasteiger partial charge in [0.2, 0.25) is 0 Å². The average molecular weight is 437 g/mol. The van der Waals surface area contributed by atoms with Crippen molar-refractivity contribution in [1.82, 2.24) is 10.4 Å². The number of nitrogens with one attached hydrogen (secondary N) is 3. The molecule has 1 spiro atoms. The topological polar surface area (TPSA) is 116 Å². The summed E-state index contributed by atoms with van der Waals surface area (Å²) in [5.74, 6) is -0.848. The molecule has 0 aliphatic carbocycles. The van der Waals surface area contributed by atoms with Crippen molar-refractivity contribution in [2.24, 2.45) is 0 Å². The number of para-hydroxylation sites is 1. The molecular formula is C22H17ClN4O4. The van der Waals surface area contributed by atoms with Crippen molar-refractivity contribution in [2.75, 3.05) is 5.32 Å². The van der Waals surface area contributed by atoms with E-state index in [4.69, 9.17) is 21.4 Å². The molecule has 3 heterocycles. The van der Waals surface area contributed by atoms with E-state index in [1.807, 2.05) is 0 Å². The van der Waals surface area contributed by atoms with Crippen LogP contribution in [0, 0.1) is 5.41 Å². The van der Waals surface area contributed by atoms with Crippen LogP contribution in [0.2, 0.25) is 5.02 Å². The predicted octanol–water partition coefficient (Wildman–Crippen LogP) is 3.05. The van der Waals surface area contributed by atoms with Gasteiger partial charge in [-0.05, 0) is 37.3 Å². The summed E-state index contributed by atoms with van der Waals surface area (Å²) in [5, 5.41) is 13.3. The van der Waals surface area contributed by atoms with Crippen LogP contribution in [0.15, 0.2) is 57.7 Å². The largest absolute Gasteiger partial charge is 0.422 e. The van der Waals surface area contributed by atoms with Crippen LogP contribution in [-0.4, -0.2) is 28.6 Å². The number of carbonyl (C=O) groups excluding carboxylic acids is 2. The number of carbonyl (C=O) groups is 2. The van der Waals surface area contributed by atoms with Crippen molar-refractivity contribution in [2.45, 2.75) is 24.9 Å². The Labute approximate surface area is 181 Å². The molecule has 1 aromatic heterocycles. The fourth-order valence-corrected chi connectivity index (χ4v) is 4.47. The summed E-state index contributed by atoms with van der Waals surface area (Å²) in [6.07, 6.45) is 0.0213. The van der Waals surface area contributed by atoms with E-state index < -0.39 is 23.0 Å². The van der Waals surface area contributed by atoms with Crippen LogP contribution in [0.1, 0.15) is 29.3 Å². The third-order valence-electron chi connectivity index (χ3n) is 5.77. The first-order valence-corrected chi connectivity index (χ1v) is 9.99. The van der Waals surface area contributed by atoms with E-state index in [-0.39, 0.29) is 23.7 Å². The van der Waals surface area contributed by atoms with E-state index in [1.54, 1.807) is 42.5 Å². The number of hydrogen-bond acceptors (Lipinski definition) is 6. The number of ketones is 1. The molecule has 2 aliphatic rings. The highest BCUT2D eigenvalue weighted by Gasteiger charge is 2.57. The third kappa shape index (κ3) is 2.87. The zero-order chi connectivity index (χ0) is 21.9. The number of anilines is 1. The number of amides is 1. The summed E-state index contributed by atoms with van der Waals surface area (Å²) >= 11 is 6.16. The molecule has 31 heavy (non-hydrogen) atoms. The number of benzene rings is 2. The molecular weight excluding hydrogens is 420 g/mol. The fraction of sp³-hybridized carbons (Fsp3) is 0.182. The zero-order valence-electron chi connectivity index (χ0n) is 16.4. The lowest BCUT2D eigenvalue weighted by atomic mass is 9.85. The maximum Gasteiger partial charge on any atom is 0.347 e. The first kappa shape index (κ1) is 19.5. The van der Waals surface area contributed by atoms with Crippen LogP contribution in [0.3, 0.4) is 0 Å². The van der Waals surface area contributed by atoms with Gasteiger partial charge in [0.15, 0.2) is 5.78 Å². The van der Waals surface area contributed by atoms with Crippen molar-refractivity contribution >= 4 is 45.8 Å². The van der Waals surface area contributed by atoms with E-state index >= 15 is 0 Å². The molecule has 156 valence electrons. The predicted molar refractivity (Wildman–Crippen MR) is 115 cm³/mol. The second kappa shape index (κ2) is 6.76. The van der Waals surface area contributed by atoms with Gasteiger partial charge in [-0.15, -0.1) is 0 Å². The SMILES string of the molecule is CC(=N)N1NC2(CC1C(=O)c1cc3ccccc3oc1=O)C(=O)Nc1ccc(Cl)cc12. The Hall–Kier alpha value is -3.49. The van der Waals surface area contributed by atoms with Gasteiger partial charge in [-0.25, -0.2) is 10.2 Å². The van der Waals surface area contributed by atoms with Crippen molar-refractivity contribution in [3.05, 3.63) is 75.1 Å². The molecule has 2 atom stereocenters. The molecule has 0 saturated carbocycles. The minimum absolute atomic E-state index is 0.0213. The summed E-state index contributed by atoms with van der Waals surface area (Å²) in [4.78, 5) is 39.0. The number of nitrogens with zero attached hydrogens (tertiary/aromatic N) is 1. The number of halogens is 1. The maximum absolute atomic E-state index is 13.5. The minimum Gasteiger partial charge on any atom is -0.422 e. The van der Waals surface area contributed by atoms with Gasteiger partial charge in [0.25, 0.3) is 5.91 Å². The fourth-order valence-electron chi connectivity index (χ4n) is 4.29. The van der Waals surface area contributed by atoms with Gasteiger partial charge in [0.05, 0.1) is 0 Å². The molecule has 8 nitrogen and oxygen atoms in total. The van der Waals surface area contributed by atoms with Crippen LogP contribution >= 0.6 is 11.6 Å². The van der Waals surface area contributed by atoms with Crippen molar-refractivity contribution in [3.8, 4) is 0 Å². The van der Waals surface area contributed by atoms with Gasteiger partial charge in [0, 0.05) is 28.1 Å². The van der Waals surface area contributed by atoms with Gasteiger partial charge in [-0.3, -0.25) is 20.0 Å². The third-order valence-corrected chi connectivity index (χ3v) is 6.01.